The number of likely N-dealkylation sites (tertiary alicyclic amines) is 1. The maximum Gasteiger partial charge on any atom is 0.251 e. The van der Waals surface area contributed by atoms with Gasteiger partial charge in [0.2, 0.25) is 0 Å². The van der Waals surface area contributed by atoms with Crippen LogP contribution < -0.4 is 5.73 Å². The molecule has 2 N–H and O–H groups in total. The van der Waals surface area contributed by atoms with Gasteiger partial charge in [0.25, 0.3) is 5.91 Å². The molecule has 0 spiro atoms. The molecule has 2 atom stereocenters. The van der Waals surface area contributed by atoms with Gasteiger partial charge in [0.05, 0.1) is 9.74 Å². The van der Waals surface area contributed by atoms with Crippen LogP contribution in [0.15, 0.2) is 0 Å². The summed E-state index contributed by atoms with van der Waals surface area (Å²) in [5.74, 6) is 0.470. The molecule has 2 aliphatic heterocycles. The minimum absolute atomic E-state index is 0.131. The molecule has 2 rings (SSSR count). The van der Waals surface area contributed by atoms with Crippen LogP contribution in [0.4, 0.5) is 0 Å². The van der Waals surface area contributed by atoms with E-state index in [1.807, 2.05) is 11.2 Å². The highest BCUT2D eigenvalue weighted by molar-refractivity contribution is 8.02. The highest BCUT2D eigenvalue weighted by Crippen LogP contribution is 2.35. The van der Waals surface area contributed by atoms with Gasteiger partial charge in [-0.05, 0) is 31.4 Å². The monoisotopic (exact) mass is 302 g/mol. The molecule has 0 aromatic carbocycles. The number of thioether (sulfide) groups is 1. The van der Waals surface area contributed by atoms with E-state index in [9.17, 15) is 4.79 Å². The lowest BCUT2D eigenvalue weighted by Gasteiger charge is -2.40. The molecule has 0 aromatic heterocycles. The van der Waals surface area contributed by atoms with Crippen LogP contribution in [-0.2, 0) is 9.53 Å². The summed E-state index contributed by atoms with van der Waals surface area (Å²) in [6, 6.07) is 0. The van der Waals surface area contributed by atoms with Gasteiger partial charge < -0.3 is 15.4 Å². The van der Waals surface area contributed by atoms with Crippen LogP contribution in [0.5, 0.6) is 0 Å². The van der Waals surface area contributed by atoms with Crippen molar-refractivity contribution < 1.29 is 9.53 Å². The second kappa shape index (κ2) is 5.97. The van der Waals surface area contributed by atoms with Crippen LogP contribution in [-0.4, -0.2) is 52.6 Å². The Bertz CT molecular complexity index is 368. The molecule has 2 fully saturated rings. The third-order valence-corrected chi connectivity index (χ3v) is 6.28. The summed E-state index contributed by atoms with van der Waals surface area (Å²) in [6.45, 7) is 4.24. The summed E-state index contributed by atoms with van der Waals surface area (Å²) in [7, 11) is 0. The predicted molar refractivity (Wildman–Crippen MR) is 82.4 cm³/mol. The number of hydrogen-bond acceptors (Lipinski definition) is 4. The molecule has 6 heteroatoms. The maximum absolute atomic E-state index is 12.4. The summed E-state index contributed by atoms with van der Waals surface area (Å²) in [5.41, 5.74) is 5.86. The number of nitrogens with two attached hydrogens (primary N) is 1. The number of rotatable bonds is 3. The first-order valence-corrected chi connectivity index (χ1v) is 8.39. The molecule has 2 unspecified atom stereocenters. The number of nitrogens with zero attached hydrogens (tertiary/aromatic N) is 1. The SMILES string of the molecule is CSC1(C(N)=S)CCN(C(=O)C2OCCC2C)CC1. The molecule has 108 valence electrons. The van der Waals surface area contributed by atoms with Crippen molar-refractivity contribution in [2.75, 3.05) is 26.0 Å². The van der Waals surface area contributed by atoms with Gasteiger partial charge in [-0.1, -0.05) is 19.1 Å². The summed E-state index contributed by atoms with van der Waals surface area (Å²) < 4.78 is 5.43. The lowest BCUT2D eigenvalue weighted by molar-refractivity contribution is -0.143. The number of carbonyl (C=O) groups excluding carboxylic acids is 1. The third-order valence-electron chi connectivity index (χ3n) is 4.35. The fourth-order valence-corrected chi connectivity index (χ4v) is 4.08. The quantitative estimate of drug-likeness (QED) is 0.799. The van der Waals surface area contributed by atoms with Crippen LogP contribution in [0.2, 0.25) is 0 Å². The Morgan fingerprint density at radius 2 is 2.11 bits per heavy atom. The normalized spacial score (nSPS) is 30.3. The Balaban J connectivity index is 1.96. The predicted octanol–water partition coefficient (Wildman–Crippen LogP) is 1.42. The lowest BCUT2D eigenvalue weighted by Crippen LogP contribution is -2.53. The number of piperidine rings is 1. The van der Waals surface area contributed by atoms with E-state index in [0.717, 1.165) is 32.4 Å². The van der Waals surface area contributed by atoms with Crippen molar-refractivity contribution >= 4 is 34.9 Å². The molecule has 2 aliphatic rings. The molecule has 0 bridgehead atoms. The second-order valence-corrected chi connectivity index (χ2v) is 7.07. The molecule has 2 heterocycles. The summed E-state index contributed by atoms with van der Waals surface area (Å²) in [6.07, 6.45) is 4.46. The van der Waals surface area contributed by atoms with E-state index in [2.05, 4.69) is 6.92 Å². The van der Waals surface area contributed by atoms with E-state index in [0.29, 0.717) is 17.5 Å². The van der Waals surface area contributed by atoms with Gasteiger partial charge in [-0.3, -0.25) is 4.79 Å². The van der Waals surface area contributed by atoms with E-state index in [4.69, 9.17) is 22.7 Å². The number of carbonyl (C=O) groups is 1. The summed E-state index contributed by atoms with van der Waals surface area (Å²) in [4.78, 5) is 14.9. The number of thiocarbonyl (C=S) groups is 1. The van der Waals surface area contributed by atoms with Crippen molar-refractivity contribution in [1.82, 2.24) is 4.90 Å². The van der Waals surface area contributed by atoms with Gasteiger partial charge in [0.15, 0.2) is 0 Å². The molecular weight excluding hydrogens is 280 g/mol. The number of amides is 1. The molecule has 0 radical (unpaired) electrons. The van der Waals surface area contributed by atoms with Crippen LogP contribution in [0.3, 0.4) is 0 Å². The summed E-state index contributed by atoms with van der Waals surface area (Å²) >= 11 is 6.90. The Labute approximate surface area is 124 Å². The van der Waals surface area contributed by atoms with E-state index < -0.39 is 0 Å². The summed E-state index contributed by atoms with van der Waals surface area (Å²) in [5, 5.41) is 0. The molecule has 1 amide bonds. The first kappa shape index (κ1) is 15.1. The molecule has 4 nitrogen and oxygen atoms in total. The van der Waals surface area contributed by atoms with Crippen molar-refractivity contribution in [2.45, 2.75) is 37.0 Å². The minimum atomic E-state index is -0.244. The number of ether oxygens (including phenoxy) is 1. The van der Waals surface area contributed by atoms with Gasteiger partial charge in [-0.15, -0.1) is 0 Å². The Morgan fingerprint density at radius 3 is 2.53 bits per heavy atom. The van der Waals surface area contributed by atoms with Crippen molar-refractivity contribution in [2.24, 2.45) is 11.7 Å². The van der Waals surface area contributed by atoms with Gasteiger partial charge >= 0.3 is 0 Å². The van der Waals surface area contributed by atoms with E-state index in [1.54, 1.807) is 11.8 Å². The van der Waals surface area contributed by atoms with Gasteiger partial charge in [0.1, 0.15) is 6.10 Å². The standard InChI is InChI=1S/C13H22N2O2S2/c1-9-3-8-17-10(9)11(16)15-6-4-13(19-2,5-7-15)12(14)18/h9-10H,3-8H2,1-2H3,(H2,14,18). The van der Waals surface area contributed by atoms with Crippen molar-refractivity contribution in [3.8, 4) is 0 Å². The zero-order valence-electron chi connectivity index (χ0n) is 11.6. The van der Waals surface area contributed by atoms with Crippen LogP contribution in [0.25, 0.3) is 0 Å². The van der Waals surface area contributed by atoms with E-state index in [1.165, 1.54) is 0 Å². The second-order valence-electron chi connectivity index (χ2n) is 5.45. The zero-order chi connectivity index (χ0) is 14.0. The van der Waals surface area contributed by atoms with Crippen molar-refractivity contribution in [1.29, 1.82) is 0 Å². The Hall–Kier alpha value is -0.330. The topological polar surface area (TPSA) is 55.6 Å². The first-order chi connectivity index (χ1) is 9.00. The average molecular weight is 302 g/mol. The third kappa shape index (κ3) is 2.90. The van der Waals surface area contributed by atoms with Crippen molar-refractivity contribution in [3.63, 3.8) is 0 Å². The molecule has 19 heavy (non-hydrogen) atoms. The highest BCUT2D eigenvalue weighted by atomic mass is 32.2. The smallest absolute Gasteiger partial charge is 0.251 e. The highest BCUT2D eigenvalue weighted by Gasteiger charge is 2.41. The Morgan fingerprint density at radius 1 is 1.47 bits per heavy atom. The van der Waals surface area contributed by atoms with Crippen LogP contribution in [0, 0.1) is 5.92 Å². The van der Waals surface area contributed by atoms with Gasteiger partial charge in [0, 0.05) is 19.7 Å². The zero-order valence-corrected chi connectivity index (χ0v) is 13.2. The fraction of sp³-hybridized carbons (Fsp3) is 0.846. The molecule has 0 aromatic rings. The fourth-order valence-electron chi connectivity index (χ4n) is 2.83. The molecule has 2 saturated heterocycles. The van der Waals surface area contributed by atoms with E-state index in [-0.39, 0.29) is 16.8 Å². The van der Waals surface area contributed by atoms with Gasteiger partial charge in [-0.25, -0.2) is 0 Å². The van der Waals surface area contributed by atoms with Crippen LogP contribution in [0.1, 0.15) is 26.2 Å². The van der Waals surface area contributed by atoms with Crippen LogP contribution >= 0.6 is 24.0 Å². The molecular formula is C13H22N2O2S2. The molecule has 0 saturated carbocycles. The first-order valence-electron chi connectivity index (χ1n) is 6.75. The lowest BCUT2D eigenvalue weighted by atomic mass is 9.94. The molecule has 0 aliphatic carbocycles. The van der Waals surface area contributed by atoms with E-state index >= 15 is 0 Å². The van der Waals surface area contributed by atoms with Crippen molar-refractivity contribution in [3.05, 3.63) is 0 Å². The minimum Gasteiger partial charge on any atom is -0.392 e. The van der Waals surface area contributed by atoms with Gasteiger partial charge in [-0.2, -0.15) is 11.8 Å². The maximum atomic E-state index is 12.4. The largest absolute Gasteiger partial charge is 0.392 e. The number of hydrogen-bond donors (Lipinski definition) is 1. The average Bonchev–Trinajstić information content (AvgIpc) is 2.84. The Kier molecular flexibility index (Phi) is 4.74.